The van der Waals surface area contributed by atoms with Crippen molar-refractivity contribution in [3.05, 3.63) is 79.6 Å². The molecule has 27 heavy (non-hydrogen) atoms. The van der Waals surface area contributed by atoms with Crippen LogP contribution in [0.5, 0.6) is 5.75 Å². The Morgan fingerprint density at radius 3 is 2.56 bits per heavy atom. The summed E-state index contributed by atoms with van der Waals surface area (Å²) < 4.78 is 2.67. The number of Topliss-reactive ketones (excluding diaryl/α,β-unsaturated/α-hetero) is 1. The number of benzene rings is 1. The van der Waals surface area contributed by atoms with Gasteiger partial charge in [0.1, 0.15) is 0 Å². The first kappa shape index (κ1) is 20.7. The van der Waals surface area contributed by atoms with Gasteiger partial charge in [0.15, 0.2) is 17.0 Å². The second-order valence-corrected chi connectivity index (χ2v) is 6.79. The first-order valence-electron chi connectivity index (χ1n) is 8.05. The summed E-state index contributed by atoms with van der Waals surface area (Å²) in [6.45, 7) is 3.56. The van der Waals surface area contributed by atoms with Crippen LogP contribution in [0.1, 0.15) is 29.8 Å². The van der Waals surface area contributed by atoms with Crippen LogP contribution < -0.4 is 11.0 Å². The lowest BCUT2D eigenvalue weighted by atomic mass is 10.0. The van der Waals surface area contributed by atoms with Gasteiger partial charge in [0, 0.05) is 29.5 Å². The van der Waals surface area contributed by atoms with Crippen LogP contribution in [-0.4, -0.2) is 19.9 Å². The highest BCUT2D eigenvalue weighted by Crippen LogP contribution is 2.15. The van der Waals surface area contributed by atoms with Crippen LogP contribution in [0.4, 0.5) is 0 Å². The van der Waals surface area contributed by atoms with Crippen LogP contribution >= 0.6 is 24.0 Å². The minimum atomic E-state index is -0.832. The molecule has 0 aliphatic carbocycles. The third-order valence-corrected chi connectivity index (χ3v) is 4.35. The minimum absolute atomic E-state index is 0. The fourth-order valence-corrected chi connectivity index (χ4v) is 2.96. The van der Waals surface area contributed by atoms with E-state index < -0.39 is 22.7 Å². The molecule has 0 bridgehead atoms. The summed E-state index contributed by atoms with van der Waals surface area (Å²) in [5.41, 5.74) is -0.869. The Bertz CT molecular complexity index is 1130. The summed E-state index contributed by atoms with van der Waals surface area (Å²) in [6, 6.07) is 7.05. The number of carbonyl (C=O) groups excluding carboxylic acids is 1. The van der Waals surface area contributed by atoms with E-state index in [9.17, 15) is 19.5 Å². The fourth-order valence-electron chi connectivity index (χ4n) is 2.75. The van der Waals surface area contributed by atoms with Crippen molar-refractivity contribution >= 4 is 35.3 Å². The fraction of sp³-hybridized carbons (Fsp3) is 0.211. The Kier molecular flexibility index (Phi) is 6.13. The number of pyridine rings is 1. The number of carbonyl (C=O) groups is 1. The number of fused-ring (bicyclic) bond motifs is 1. The third kappa shape index (κ3) is 3.91. The maximum atomic E-state index is 12.7. The van der Waals surface area contributed by atoms with E-state index in [1.54, 1.807) is 32.0 Å². The molecule has 0 aliphatic rings. The molecule has 8 heteroatoms. The number of nitrogens with zero attached hydrogens (tertiary/aromatic N) is 2. The molecule has 3 rings (SSSR count). The van der Waals surface area contributed by atoms with E-state index in [1.807, 2.05) is 6.07 Å². The van der Waals surface area contributed by atoms with Gasteiger partial charge in [-0.1, -0.05) is 37.6 Å². The van der Waals surface area contributed by atoms with Crippen molar-refractivity contribution in [1.82, 2.24) is 8.97 Å². The molecule has 3 aromatic rings. The van der Waals surface area contributed by atoms with Gasteiger partial charge in [-0.2, -0.15) is 0 Å². The molecule has 0 atom stereocenters. The molecule has 142 valence electrons. The van der Waals surface area contributed by atoms with Gasteiger partial charge in [-0.25, -0.2) is 0 Å². The number of aromatic hydroxyl groups is 1. The molecule has 0 spiro atoms. The number of hydrogen-bond acceptors (Lipinski definition) is 4. The van der Waals surface area contributed by atoms with Crippen molar-refractivity contribution in [3.8, 4) is 5.75 Å². The number of aromatic nitrogens is 2. The number of hydrogen-bond donors (Lipinski definition) is 1. The molecule has 0 amide bonds. The topological polar surface area (TPSA) is 80.8 Å². The minimum Gasteiger partial charge on any atom is -0.503 e. The summed E-state index contributed by atoms with van der Waals surface area (Å²) in [7, 11) is 0. The molecule has 0 radical (unpaired) electrons. The normalized spacial score (nSPS) is 10.8. The second-order valence-electron chi connectivity index (χ2n) is 6.36. The van der Waals surface area contributed by atoms with Crippen LogP contribution in [0.2, 0.25) is 5.02 Å². The van der Waals surface area contributed by atoms with Crippen LogP contribution in [0.3, 0.4) is 0 Å². The van der Waals surface area contributed by atoms with E-state index in [0.717, 1.165) is 5.56 Å². The smallest absolute Gasteiger partial charge is 0.279 e. The van der Waals surface area contributed by atoms with Gasteiger partial charge in [0.05, 0.1) is 12.1 Å². The molecular weight excluding hydrogens is 391 g/mol. The molecule has 0 fully saturated rings. The van der Waals surface area contributed by atoms with E-state index in [-0.39, 0.29) is 35.8 Å². The van der Waals surface area contributed by atoms with Crippen LogP contribution in [0.15, 0.2) is 52.4 Å². The first-order chi connectivity index (χ1) is 12.3. The lowest BCUT2D eigenvalue weighted by Crippen LogP contribution is -2.27. The Labute approximate surface area is 166 Å². The van der Waals surface area contributed by atoms with Gasteiger partial charge in [0.2, 0.25) is 5.43 Å². The molecule has 0 saturated carbocycles. The Balaban J connectivity index is 0.00000261. The second kappa shape index (κ2) is 7.98. The number of rotatable bonds is 4. The van der Waals surface area contributed by atoms with Crippen LogP contribution in [0, 0.1) is 5.92 Å². The summed E-state index contributed by atoms with van der Waals surface area (Å²) in [6.07, 6.45) is 4.35. The van der Waals surface area contributed by atoms with Crippen LogP contribution in [-0.2, 0) is 6.54 Å². The van der Waals surface area contributed by atoms with E-state index in [4.69, 9.17) is 11.6 Å². The third-order valence-electron chi connectivity index (χ3n) is 4.11. The van der Waals surface area contributed by atoms with Gasteiger partial charge in [0.25, 0.3) is 5.56 Å². The van der Waals surface area contributed by atoms with Crippen LogP contribution in [0.25, 0.3) is 5.52 Å². The number of halogens is 2. The Morgan fingerprint density at radius 2 is 1.93 bits per heavy atom. The monoisotopic (exact) mass is 408 g/mol. The zero-order valence-electron chi connectivity index (χ0n) is 14.7. The van der Waals surface area contributed by atoms with E-state index in [2.05, 4.69) is 0 Å². The highest BCUT2D eigenvalue weighted by Gasteiger charge is 2.20. The Hall–Kier alpha value is -2.57. The average molecular weight is 409 g/mol. The van der Waals surface area contributed by atoms with Gasteiger partial charge in [-0.05, 0) is 17.7 Å². The predicted octanol–water partition coefficient (Wildman–Crippen LogP) is 3.13. The van der Waals surface area contributed by atoms with Crippen molar-refractivity contribution in [1.29, 1.82) is 0 Å². The summed E-state index contributed by atoms with van der Waals surface area (Å²) in [4.78, 5) is 37.2. The standard InChI is InChI=1S/C19H17ClN2O4.ClH/c1-11(2)16(23)14-10-21-6-7-22(9-12-4-3-5-13(20)8-12)19(26)15(21)18(25)17(14)24;/h3-8,10-11,25H,9H2,1-2H3;1H. The largest absolute Gasteiger partial charge is 0.503 e. The summed E-state index contributed by atoms with van der Waals surface area (Å²) in [5, 5.41) is 10.8. The number of ketones is 1. The molecule has 0 unspecified atom stereocenters. The molecule has 0 aliphatic heterocycles. The van der Waals surface area contributed by atoms with E-state index in [0.29, 0.717) is 5.02 Å². The van der Waals surface area contributed by atoms with E-state index >= 15 is 0 Å². The quantitative estimate of drug-likeness (QED) is 0.672. The van der Waals surface area contributed by atoms with Gasteiger partial charge in [-0.15, -0.1) is 12.4 Å². The zero-order valence-corrected chi connectivity index (χ0v) is 16.3. The average Bonchev–Trinajstić information content (AvgIpc) is 2.59. The summed E-state index contributed by atoms with van der Waals surface area (Å²) in [5.74, 6) is -1.51. The molecule has 0 saturated heterocycles. The molecule has 6 nitrogen and oxygen atoms in total. The highest BCUT2D eigenvalue weighted by molar-refractivity contribution is 6.30. The molecular formula is C19H18Cl2N2O4. The van der Waals surface area contributed by atoms with Crippen molar-refractivity contribution in [2.45, 2.75) is 20.4 Å². The molecule has 2 heterocycles. The summed E-state index contributed by atoms with van der Waals surface area (Å²) >= 11 is 5.96. The molecule has 1 N–H and O–H groups in total. The van der Waals surface area contributed by atoms with Gasteiger partial charge >= 0.3 is 0 Å². The van der Waals surface area contributed by atoms with Gasteiger partial charge < -0.3 is 14.1 Å². The molecule has 2 aromatic heterocycles. The maximum Gasteiger partial charge on any atom is 0.279 e. The van der Waals surface area contributed by atoms with Crippen molar-refractivity contribution < 1.29 is 9.90 Å². The molecule has 1 aromatic carbocycles. The van der Waals surface area contributed by atoms with Crippen molar-refractivity contribution in [2.75, 3.05) is 0 Å². The van der Waals surface area contributed by atoms with E-state index in [1.165, 1.54) is 27.6 Å². The SMILES string of the molecule is CC(C)C(=O)c1cn2ccn(Cc3cccc(Cl)c3)c(=O)c2c(O)c1=O.Cl. The van der Waals surface area contributed by atoms with Gasteiger partial charge in [-0.3, -0.25) is 14.4 Å². The first-order valence-corrected chi connectivity index (χ1v) is 8.43. The Morgan fingerprint density at radius 1 is 1.22 bits per heavy atom. The lowest BCUT2D eigenvalue weighted by Gasteiger charge is -2.11. The highest BCUT2D eigenvalue weighted by atomic mass is 35.5. The van der Waals surface area contributed by atoms with Crippen molar-refractivity contribution in [3.63, 3.8) is 0 Å². The van der Waals surface area contributed by atoms with Crippen molar-refractivity contribution in [2.24, 2.45) is 5.92 Å². The predicted molar refractivity (Wildman–Crippen MR) is 107 cm³/mol. The lowest BCUT2D eigenvalue weighted by molar-refractivity contribution is 0.0937. The maximum absolute atomic E-state index is 12.7. The zero-order chi connectivity index (χ0) is 19.0.